The van der Waals surface area contributed by atoms with Gasteiger partial charge in [0.2, 0.25) is 0 Å². The van der Waals surface area contributed by atoms with Crippen molar-refractivity contribution in [1.29, 1.82) is 0 Å². The smallest absolute Gasteiger partial charge is 0.385 e. The van der Waals surface area contributed by atoms with Crippen LogP contribution in [0.5, 0.6) is 0 Å². The van der Waals surface area contributed by atoms with E-state index in [2.05, 4.69) is 0 Å². The minimum Gasteiger partial charge on any atom is -0.385 e. The standard InChI is InChI=1S/C15H19F5O/c1-4-10(2)11-5-7-12(8-6-11)13(3,21)9-14(16,17)15(18,19)20/h5-8,10,21H,4,9H2,1-3H3. The van der Waals surface area contributed by atoms with E-state index in [1.165, 1.54) is 12.1 Å². The molecule has 0 fully saturated rings. The Hall–Kier alpha value is -1.17. The molecule has 2 unspecified atom stereocenters. The highest BCUT2D eigenvalue weighted by Gasteiger charge is 2.59. The van der Waals surface area contributed by atoms with Gasteiger partial charge in [0.1, 0.15) is 0 Å². The van der Waals surface area contributed by atoms with Crippen LogP contribution in [0.3, 0.4) is 0 Å². The molecule has 0 bridgehead atoms. The SMILES string of the molecule is CCC(C)c1ccc(C(C)(O)CC(F)(F)C(F)(F)F)cc1. The molecule has 0 saturated heterocycles. The van der Waals surface area contributed by atoms with Crippen molar-refractivity contribution in [3.8, 4) is 0 Å². The van der Waals surface area contributed by atoms with Gasteiger partial charge in [0.15, 0.2) is 0 Å². The van der Waals surface area contributed by atoms with Crippen LogP contribution in [0.25, 0.3) is 0 Å². The van der Waals surface area contributed by atoms with Crippen molar-refractivity contribution < 1.29 is 27.1 Å². The number of halogens is 5. The number of aliphatic hydroxyl groups is 1. The van der Waals surface area contributed by atoms with Crippen molar-refractivity contribution in [2.45, 2.75) is 57.2 Å². The van der Waals surface area contributed by atoms with Gasteiger partial charge >= 0.3 is 12.1 Å². The summed E-state index contributed by atoms with van der Waals surface area (Å²) in [5, 5.41) is 9.99. The molecule has 1 aromatic rings. The molecule has 1 nitrogen and oxygen atoms in total. The van der Waals surface area contributed by atoms with Crippen LogP contribution in [0.1, 0.15) is 50.7 Å². The Morgan fingerprint density at radius 1 is 1.05 bits per heavy atom. The Labute approximate surface area is 120 Å². The number of hydrogen-bond donors (Lipinski definition) is 1. The highest BCUT2D eigenvalue weighted by Crippen LogP contribution is 2.43. The molecule has 120 valence electrons. The van der Waals surface area contributed by atoms with Gasteiger partial charge in [-0.15, -0.1) is 0 Å². The van der Waals surface area contributed by atoms with Gasteiger partial charge in [0.05, 0.1) is 12.0 Å². The van der Waals surface area contributed by atoms with Crippen molar-refractivity contribution in [3.63, 3.8) is 0 Å². The quantitative estimate of drug-likeness (QED) is 0.759. The van der Waals surface area contributed by atoms with E-state index in [0.717, 1.165) is 18.9 Å². The van der Waals surface area contributed by atoms with Gasteiger partial charge in [-0.1, -0.05) is 38.1 Å². The second-order valence-corrected chi connectivity index (χ2v) is 5.58. The molecular formula is C15H19F5O. The Morgan fingerprint density at radius 2 is 1.52 bits per heavy atom. The van der Waals surface area contributed by atoms with Gasteiger partial charge < -0.3 is 5.11 Å². The maximum atomic E-state index is 13.1. The fourth-order valence-corrected chi connectivity index (χ4v) is 2.04. The minimum atomic E-state index is -5.67. The zero-order valence-corrected chi connectivity index (χ0v) is 12.1. The largest absolute Gasteiger partial charge is 0.453 e. The summed E-state index contributed by atoms with van der Waals surface area (Å²) in [7, 11) is 0. The molecule has 1 N–H and O–H groups in total. The number of hydrogen-bond acceptors (Lipinski definition) is 1. The van der Waals surface area contributed by atoms with E-state index < -0.39 is 24.1 Å². The molecule has 21 heavy (non-hydrogen) atoms. The average molecular weight is 310 g/mol. The first-order chi connectivity index (χ1) is 9.40. The van der Waals surface area contributed by atoms with Crippen LogP contribution in [-0.4, -0.2) is 17.2 Å². The van der Waals surface area contributed by atoms with Crippen molar-refractivity contribution in [2.75, 3.05) is 0 Å². The molecule has 0 radical (unpaired) electrons. The number of alkyl halides is 5. The van der Waals surface area contributed by atoms with E-state index in [1.54, 1.807) is 12.1 Å². The summed E-state index contributed by atoms with van der Waals surface area (Å²) in [6.45, 7) is 4.93. The van der Waals surface area contributed by atoms with Crippen LogP contribution in [0, 0.1) is 0 Å². The molecule has 6 heteroatoms. The Balaban J connectivity index is 2.98. The zero-order chi connectivity index (χ0) is 16.5. The molecule has 0 saturated carbocycles. The molecule has 0 amide bonds. The van der Waals surface area contributed by atoms with E-state index in [0.29, 0.717) is 0 Å². The third kappa shape index (κ3) is 4.15. The van der Waals surface area contributed by atoms with E-state index in [9.17, 15) is 27.1 Å². The first kappa shape index (κ1) is 17.9. The van der Waals surface area contributed by atoms with Gasteiger partial charge in [0, 0.05) is 0 Å². The topological polar surface area (TPSA) is 20.2 Å². The van der Waals surface area contributed by atoms with E-state index in [-0.39, 0.29) is 11.5 Å². The van der Waals surface area contributed by atoms with E-state index in [1.807, 2.05) is 13.8 Å². The fourth-order valence-electron chi connectivity index (χ4n) is 2.04. The van der Waals surface area contributed by atoms with Crippen molar-refractivity contribution in [1.82, 2.24) is 0 Å². The molecular weight excluding hydrogens is 291 g/mol. The first-order valence-electron chi connectivity index (χ1n) is 6.68. The second-order valence-electron chi connectivity index (χ2n) is 5.58. The van der Waals surface area contributed by atoms with Crippen LogP contribution in [-0.2, 0) is 5.60 Å². The van der Waals surface area contributed by atoms with Crippen LogP contribution in [0.2, 0.25) is 0 Å². The van der Waals surface area contributed by atoms with Crippen LogP contribution >= 0.6 is 0 Å². The maximum absolute atomic E-state index is 13.1. The van der Waals surface area contributed by atoms with Gasteiger partial charge in [0.25, 0.3) is 0 Å². The summed E-state index contributed by atoms with van der Waals surface area (Å²) in [6, 6.07) is 6.08. The monoisotopic (exact) mass is 310 g/mol. The summed E-state index contributed by atoms with van der Waals surface area (Å²) in [4.78, 5) is 0. The van der Waals surface area contributed by atoms with Crippen molar-refractivity contribution >= 4 is 0 Å². The highest BCUT2D eigenvalue weighted by molar-refractivity contribution is 5.29. The number of benzene rings is 1. The normalized spacial score (nSPS) is 17.4. The fraction of sp³-hybridized carbons (Fsp3) is 0.600. The molecule has 0 aliphatic heterocycles. The molecule has 0 spiro atoms. The van der Waals surface area contributed by atoms with Gasteiger partial charge in [-0.2, -0.15) is 22.0 Å². The Bertz CT molecular complexity index is 462. The highest BCUT2D eigenvalue weighted by atomic mass is 19.4. The lowest BCUT2D eigenvalue weighted by molar-refractivity contribution is -0.296. The summed E-state index contributed by atoms with van der Waals surface area (Å²) < 4.78 is 62.9. The van der Waals surface area contributed by atoms with Gasteiger partial charge in [-0.05, 0) is 30.4 Å². The minimum absolute atomic E-state index is 0.0403. The lowest BCUT2D eigenvalue weighted by Gasteiger charge is -2.30. The Morgan fingerprint density at radius 3 is 1.90 bits per heavy atom. The molecule has 0 aromatic heterocycles. The summed E-state index contributed by atoms with van der Waals surface area (Å²) in [5.74, 6) is -4.69. The molecule has 1 rings (SSSR count). The van der Waals surface area contributed by atoms with Crippen molar-refractivity contribution in [3.05, 3.63) is 35.4 Å². The summed E-state index contributed by atoms with van der Waals surface area (Å²) in [6.07, 6.45) is -6.50. The molecule has 1 aromatic carbocycles. The molecule has 0 heterocycles. The van der Waals surface area contributed by atoms with Gasteiger partial charge in [-0.3, -0.25) is 0 Å². The lowest BCUT2D eigenvalue weighted by atomic mass is 9.87. The molecule has 0 aliphatic carbocycles. The molecule has 0 aliphatic rings. The second kappa shape index (κ2) is 5.91. The third-order valence-corrected chi connectivity index (χ3v) is 3.69. The average Bonchev–Trinajstić information content (AvgIpc) is 2.35. The van der Waals surface area contributed by atoms with Crippen LogP contribution < -0.4 is 0 Å². The first-order valence-corrected chi connectivity index (χ1v) is 6.68. The zero-order valence-electron chi connectivity index (χ0n) is 12.1. The third-order valence-electron chi connectivity index (χ3n) is 3.69. The summed E-state index contributed by atoms with van der Waals surface area (Å²) >= 11 is 0. The molecule has 2 atom stereocenters. The predicted molar refractivity (Wildman–Crippen MR) is 70.3 cm³/mol. The van der Waals surface area contributed by atoms with Gasteiger partial charge in [-0.25, -0.2) is 0 Å². The van der Waals surface area contributed by atoms with Crippen LogP contribution in [0.15, 0.2) is 24.3 Å². The van der Waals surface area contributed by atoms with E-state index >= 15 is 0 Å². The van der Waals surface area contributed by atoms with Crippen LogP contribution in [0.4, 0.5) is 22.0 Å². The Kier molecular flexibility index (Phi) is 5.03. The van der Waals surface area contributed by atoms with Crippen molar-refractivity contribution in [2.24, 2.45) is 0 Å². The van der Waals surface area contributed by atoms with E-state index in [4.69, 9.17) is 0 Å². The predicted octanol–water partition coefficient (Wildman–Crippen LogP) is 5.00. The summed E-state index contributed by atoms with van der Waals surface area (Å²) in [5.41, 5.74) is -1.27. The number of rotatable bonds is 5. The maximum Gasteiger partial charge on any atom is 0.453 e. The lowest BCUT2D eigenvalue weighted by Crippen LogP contribution is -2.42.